The lowest BCUT2D eigenvalue weighted by Crippen LogP contribution is -2.74. The number of allylic oxidation sites excluding steroid dienone is 4. The fourth-order valence-electron chi connectivity index (χ4n) is 9.46. The number of rotatable bonds is 8. The molecule has 0 spiro atoms. The molecule has 0 aromatic heterocycles. The molecular formula is C53H57BN2O2. The maximum Gasteiger partial charge on any atom is 0.209 e. The Bertz CT molecular complexity index is 2410. The Morgan fingerprint density at radius 2 is 1.03 bits per heavy atom. The van der Waals surface area contributed by atoms with E-state index in [0.29, 0.717) is 0 Å². The van der Waals surface area contributed by atoms with E-state index in [2.05, 4.69) is 217 Å². The quantitative estimate of drug-likeness (QED) is 0.114. The van der Waals surface area contributed by atoms with Crippen molar-refractivity contribution in [2.75, 3.05) is 33.2 Å². The number of hydrogen-bond donors (Lipinski definition) is 0. The number of fused-ring (bicyclic) bond motifs is 2. The van der Waals surface area contributed by atoms with Crippen LogP contribution in [0.3, 0.4) is 0 Å². The fourth-order valence-corrected chi connectivity index (χ4v) is 9.46. The summed E-state index contributed by atoms with van der Waals surface area (Å²) < 4.78 is 13.2. The van der Waals surface area contributed by atoms with Crippen molar-refractivity contribution >= 4 is 45.1 Å². The molecule has 5 heteroatoms. The summed E-state index contributed by atoms with van der Waals surface area (Å²) in [6, 6.07) is 52.7. The first-order valence-electron chi connectivity index (χ1n) is 20.4. The van der Waals surface area contributed by atoms with Gasteiger partial charge in [-0.05, 0) is 69.7 Å². The second kappa shape index (κ2) is 16.1. The van der Waals surface area contributed by atoms with Crippen LogP contribution in [0.2, 0.25) is 0 Å². The van der Waals surface area contributed by atoms with Gasteiger partial charge in [-0.2, -0.15) is 26.4 Å². The van der Waals surface area contributed by atoms with Gasteiger partial charge in [-0.25, -0.2) is 0 Å². The Kier molecular flexibility index (Phi) is 11.1. The highest BCUT2D eigenvalue weighted by Gasteiger charge is 2.43. The number of aryl methyl sites for hydroxylation is 2. The third-order valence-electron chi connectivity index (χ3n) is 12.7. The van der Waals surface area contributed by atoms with E-state index in [0.717, 1.165) is 11.5 Å². The van der Waals surface area contributed by atoms with Crippen molar-refractivity contribution in [1.82, 2.24) is 0 Å². The van der Waals surface area contributed by atoms with Gasteiger partial charge >= 0.3 is 0 Å². The van der Waals surface area contributed by atoms with Crippen molar-refractivity contribution in [1.29, 1.82) is 0 Å². The molecular weight excluding hydrogens is 707 g/mol. The fraction of sp³-hybridized carbons (Fsp3) is 0.226. The maximum absolute atomic E-state index is 5.46. The van der Waals surface area contributed by atoms with Crippen LogP contribution in [-0.2, 0) is 10.8 Å². The lowest BCUT2D eigenvalue weighted by Gasteiger charge is -2.44. The van der Waals surface area contributed by atoms with E-state index >= 15 is 0 Å². The molecule has 6 aromatic carbocycles. The molecule has 8 rings (SSSR count). The number of nitrogens with zero attached hydrogens (tertiary/aromatic N) is 2. The Balaban J connectivity index is 0.000000178. The maximum atomic E-state index is 5.46. The number of anilines is 1. The van der Waals surface area contributed by atoms with Crippen LogP contribution in [0.4, 0.5) is 11.4 Å². The molecule has 0 saturated heterocycles. The molecule has 0 fully saturated rings. The lowest BCUT2D eigenvalue weighted by atomic mass is 9.13. The number of hydrogen-bond acceptors (Lipinski definition) is 3. The van der Waals surface area contributed by atoms with Gasteiger partial charge in [0.1, 0.15) is 24.7 Å². The number of likely N-dealkylation sites (N-methyl/N-ethyl adjacent to an activating group) is 1. The molecule has 0 aliphatic carbocycles. The molecule has 0 radical (unpaired) electrons. The average Bonchev–Trinajstić information content (AvgIpc) is 3.55. The lowest BCUT2D eigenvalue weighted by molar-refractivity contribution is -0.401. The van der Waals surface area contributed by atoms with Crippen LogP contribution < -0.4 is 36.2 Å². The van der Waals surface area contributed by atoms with Gasteiger partial charge in [0.25, 0.3) is 0 Å². The molecule has 2 aliphatic heterocycles. The summed E-state index contributed by atoms with van der Waals surface area (Å²) in [7, 11) is 7.72. The highest BCUT2D eigenvalue weighted by atomic mass is 16.5. The first kappa shape index (κ1) is 40.1. The average molecular weight is 765 g/mol. The van der Waals surface area contributed by atoms with Gasteiger partial charge in [0, 0.05) is 41.6 Å². The van der Waals surface area contributed by atoms with Crippen molar-refractivity contribution < 1.29 is 14.0 Å². The van der Waals surface area contributed by atoms with E-state index in [9.17, 15) is 0 Å². The van der Waals surface area contributed by atoms with Gasteiger partial charge in [0.15, 0.2) is 5.71 Å². The summed E-state index contributed by atoms with van der Waals surface area (Å²) in [5.74, 6) is 1.80. The van der Waals surface area contributed by atoms with E-state index in [1.165, 1.54) is 66.9 Å². The Labute approximate surface area is 346 Å². The summed E-state index contributed by atoms with van der Waals surface area (Å²) in [6.07, 6.45) is 5.43. The van der Waals surface area contributed by atoms with Crippen LogP contribution in [0, 0.1) is 13.8 Å². The Morgan fingerprint density at radius 3 is 1.53 bits per heavy atom. The zero-order valence-electron chi connectivity index (χ0n) is 35.9. The second-order valence-corrected chi connectivity index (χ2v) is 16.9. The summed E-state index contributed by atoms with van der Waals surface area (Å²) >= 11 is 0. The minimum atomic E-state index is -1.24. The van der Waals surface area contributed by atoms with Crippen LogP contribution in [-0.4, -0.2) is 44.7 Å². The van der Waals surface area contributed by atoms with Gasteiger partial charge in [0.2, 0.25) is 5.69 Å². The van der Waals surface area contributed by atoms with Gasteiger partial charge in [0.05, 0.1) is 19.6 Å². The predicted molar refractivity (Wildman–Crippen MR) is 248 cm³/mol. The summed E-state index contributed by atoms with van der Waals surface area (Å²) in [5.41, 5.74) is 15.3. The normalized spacial score (nSPS) is 15.9. The first-order chi connectivity index (χ1) is 27.8. The standard InChI is InChI=1S/C27H33N2O2.C26H24B/c1-26(2)20-16-18(30-7)12-14-22(20)28(5)24(26)10-9-11-25-27(3,4)21-17-19(31-8)13-15-23(21)29(25)6;1-21-13-17-25(18-14-21)27(23-9-5-3-6-10-23,24-11-7-4-8-12-24)26-19-15-22(2)16-20-26/h9-17H,1-8H3;3-20H,1-2H3/q+1;-1. The third-order valence-corrected chi connectivity index (χ3v) is 12.7. The largest absolute Gasteiger partial charge is 0.497 e. The van der Waals surface area contributed by atoms with Crippen molar-refractivity contribution in [2.45, 2.75) is 52.4 Å². The SMILES string of the molecule is COc1ccc2c(c1)C(C)(C)C(/C=C/C=C1/N(C)c3ccc(OC)cc3C1(C)C)=[N+]2C.Cc1ccc([B-](c2ccccc2)(c2ccccc2)c2ccc(C)cc2)cc1. The number of methoxy groups -OCH3 is 2. The zero-order valence-corrected chi connectivity index (χ0v) is 35.9. The van der Waals surface area contributed by atoms with Gasteiger partial charge in [-0.15, -0.1) is 0 Å². The van der Waals surface area contributed by atoms with Crippen molar-refractivity contribution in [3.05, 3.63) is 192 Å². The van der Waals surface area contributed by atoms with Gasteiger partial charge in [-0.3, -0.25) is 0 Å². The van der Waals surface area contributed by atoms with Crippen molar-refractivity contribution in [3.63, 3.8) is 0 Å². The van der Waals surface area contributed by atoms with Gasteiger partial charge in [-0.1, -0.05) is 140 Å². The topological polar surface area (TPSA) is 24.7 Å². The molecule has 0 saturated carbocycles. The molecule has 0 unspecified atom stereocenters. The van der Waals surface area contributed by atoms with Crippen LogP contribution in [0.25, 0.3) is 0 Å². The van der Waals surface area contributed by atoms with Crippen molar-refractivity contribution in [3.8, 4) is 11.5 Å². The highest BCUT2D eigenvalue weighted by Crippen LogP contribution is 2.48. The highest BCUT2D eigenvalue weighted by molar-refractivity contribution is 7.19. The van der Waals surface area contributed by atoms with Crippen LogP contribution >= 0.6 is 0 Å². The van der Waals surface area contributed by atoms with E-state index in [1.807, 2.05) is 12.1 Å². The van der Waals surface area contributed by atoms with Gasteiger partial charge < -0.3 is 14.4 Å². The molecule has 2 heterocycles. The van der Waals surface area contributed by atoms with E-state index in [-0.39, 0.29) is 10.8 Å². The van der Waals surface area contributed by atoms with E-state index in [4.69, 9.17) is 9.47 Å². The minimum absolute atomic E-state index is 0.0962. The molecule has 0 N–H and O–H groups in total. The summed E-state index contributed by atoms with van der Waals surface area (Å²) in [6.45, 7) is 13.4. The zero-order chi connectivity index (χ0) is 41.2. The minimum Gasteiger partial charge on any atom is -0.497 e. The predicted octanol–water partition coefficient (Wildman–Crippen LogP) is 9.26. The van der Waals surface area contributed by atoms with Crippen molar-refractivity contribution in [2.24, 2.45) is 0 Å². The summed E-state index contributed by atoms with van der Waals surface area (Å²) in [5, 5.41) is 0. The molecule has 6 aromatic rings. The summed E-state index contributed by atoms with van der Waals surface area (Å²) in [4.78, 5) is 2.28. The first-order valence-corrected chi connectivity index (χ1v) is 20.4. The Hall–Kier alpha value is -6.07. The molecule has 0 amide bonds. The van der Waals surface area contributed by atoms with E-state index < -0.39 is 6.15 Å². The third kappa shape index (κ3) is 7.08. The van der Waals surface area contributed by atoms with Crippen LogP contribution in [0.15, 0.2) is 170 Å². The smallest absolute Gasteiger partial charge is 0.209 e. The van der Waals surface area contributed by atoms with Crippen LogP contribution in [0.5, 0.6) is 11.5 Å². The van der Waals surface area contributed by atoms with Crippen LogP contribution in [0.1, 0.15) is 49.9 Å². The van der Waals surface area contributed by atoms with E-state index in [1.54, 1.807) is 14.2 Å². The number of ether oxygens (including phenoxy) is 2. The monoisotopic (exact) mass is 764 g/mol. The molecule has 294 valence electrons. The Morgan fingerprint density at radius 1 is 0.569 bits per heavy atom. The molecule has 58 heavy (non-hydrogen) atoms. The molecule has 0 bridgehead atoms. The number of benzene rings is 6. The molecule has 0 atom stereocenters. The second-order valence-electron chi connectivity index (χ2n) is 16.9. The molecule has 4 nitrogen and oxygen atoms in total. The molecule has 2 aliphatic rings.